The molecule has 0 fully saturated rings. The molecule has 2 aromatic rings. The molecule has 1 N–H and O–H groups in total. The Hall–Kier alpha value is -1.94. The smallest absolute Gasteiger partial charge is 0.228 e. The van der Waals surface area contributed by atoms with Crippen molar-refractivity contribution in [3.05, 3.63) is 65.2 Å². The van der Waals surface area contributed by atoms with Crippen molar-refractivity contribution in [2.24, 2.45) is 0 Å². The van der Waals surface area contributed by atoms with Gasteiger partial charge in [-0.1, -0.05) is 36.4 Å². The van der Waals surface area contributed by atoms with Crippen LogP contribution in [0.15, 0.2) is 48.5 Å². The van der Waals surface area contributed by atoms with Crippen LogP contribution in [0.1, 0.15) is 16.7 Å². The molecule has 0 saturated heterocycles. The molecule has 0 unspecified atom stereocenters. The SMILES string of the molecule is Cc1ccccc1CC(=O)Nc1cccc(C[S@@](C)=O)c1. The Balaban J connectivity index is 2.03. The number of nitrogens with one attached hydrogen (secondary N) is 1. The first-order chi connectivity index (χ1) is 10.0. The lowest BCUT2D eigenvalue weighted by Crippen LogP contribution is -2.15. The molecule has 1 amide bonds. The van der Waals surface area contributed by atoms with Crippen LogP contribution in [0.3, 0.4) is 0 Å². The van der Waals surface area contributed by atoms with Crippen LogP contribution >= 0.6 is 0 Å². The van der Waals surface area contributed by atoms with Crippen molar-refractivity contribution in [2.75, 3.05) is 11.6 Å². The number of hydrogen-bond acceptors (Lipinski definition) is 2. The van der Waals surface area contributed by atoms with Crippen LogP contribution in [0.5, 0.6) is 0 Å². The van der Waals surface area contributed by atoms with Crippen LogP contribution < -0.4 is 5.32 Å². The molecule has 0 aromatic heterocycles. The Labute approximate surface area is 127 Å². The third-order valence-corrected chi connectivity index (χ3v) is 3.93. The van der Waals surface area contributed by atoms with Crippen LogP contribution in [-0.4, -0.2) is 16.4 Å². The highest BCUT2D eigenvalue weighted by Crippen LogP contribution is 2.14. The van der Waals surface area contributed by atoms with E-state index in [-0.39, 0.29) is 5.91 Å². The lowest BCUT2D eigenvalue weighted by molar-refractivity contribution is -0.115. The van der Waals surface area contributed by atoms with Gasteiger partial charge in [0.15, 0.2) is 0 Å². The van der Waals surface area contributed by atoms with Gasteiger partial charge in [0.2, 0.25) is 5.91 Å². The summed E-state index contributed by atoms with van der Waals surface area (Å²) in [4.78, 5) is 12.1. The summed E-state index contributed by atoms with van der Waals surface area (Å²) in [6, 6.07) is 15.4. The molecule has 4 heteroatoms. The molecule has 0 spiro atoms. The molecule has 0 aliphatic rings. The van der Waals surface area contributed by atoms with E-state index in [4.69, 9.17) is 0 Å². The number of amides is 1. The Morgan fingerprint density at radius 1 is 1.14 bits per heavy atom. The monoisotopic (exact) mass is 301 g/mol. The maximum Gasteiger partial charge on any atom is 0.228 e. The van der Waals surface area contributed by atoms with Crippen LogP contribution in [0.25, 0.3) is 0 Å². The molecule has 0 bridgehead atoms. The van der Waals surface area contributed by atoms with E-state index in [1.54, 1.807) is 6.26 Å². The van der Waals surface area contributed by atoms with Gasteiger partial charge in [0.25, 0.3) is 0 Å². The quantitative estimate of drug-likeness (QED) is 0.922. The minimum absolute atomic E-state index is 0.0425. The number of carbonyl (C=O) groups excluding carboxylic acids is 1. The molecule has 0 aliphatic heterocycles. The number of aryl methyl sites for hydroxylation is 1. The fourth-order valence-electron chi connectivity index (χ4n) is 2.16. The summed E-state index contributed by atoms with van der Waals surface area (Å²) in [6.07, 6.45) is 2.03. The van der Waals surface area contributed by atoms with Crippen molar-refractivity contribution < 1.29 is 9.00 Å². The van der Waals surface area contributed by atoms with Gasteiger partial charge in [-0.25, -0.2) is 0 Å². The van der Waals surface area contributed by atoms with E-state index in [0.29, 0.717) is 12.2 Å². The first kappa shape index (κ1) is 15.4. The normalized spacial score (nSPS) is 11.9. The molecule has 0 saturated carbocycles. The van der Waals surface area contributed by atoms with Gasteiger partial charge >= 0.3 is 0 Å². The van der Waals surface area contributed by atoms with Crippen molar-refractivity contribution in [3.8, 4) is 0 Å². The minimum Gasteiger partial charge on any atom is -0.326 e. The summed E-state index contributed by atoms with van der Waals surface area (Å²) in [5.74, 6) is 0.459. The average molecular weight is 301 g/mol. The van der Waals surface area contributed by atoms with Crippen molar-refractivity contribution >= 4 is 22.4 Å². The fourth-order valence-corrected chi connectivity index (χ4v) is 2.81. The highest BCUT2D eigenvalue weighted by molar-refractivity contribution is 7.83. The van der Waals surface area contributed by atoms with E-state index in [0.717, 1.165) is 22.4 Å². The summed E-state index contributed by atoms with van der Waals surface area (Å²) >= 11 is 0. The largest absolute Gasteiger partial charge is 0.326 e. The molecule has 2 rings (SSSR count). The zero-order valence-electron chi connectivity index (χ0n) is 12.3. The fraction of sp³-hybridized carbons (Fsp3) is 0.235. The average Bonchev–Trinajstić information content (AvgIpc) is 2.41. The van der Waals surface area contributed by atoms with Gasteiger partial charge in [0, 0.05) is 28.5 Å². The first-order valence-electron chi connectivity index (χ1n) is 6.78. The Morgan fingerprint density at radius 3 is 2.62 bits per heavy atom. The third-order valence-electron chi connectivity index (χ3n) is 3.19. The van der Waals surface area contributed by atoms with E-state index in [1.165, 1.54) is 0 Å². The van der Waals surface area contributed by atoms with E-state index < -0.39 is 10.8 Å². The van der Waals surface area contributed by atoms with E-state index >= 15 is 0 Å². The second kappa shape index (κ2) is 7.18. The molecule has 0 aliphatic carbocycles. The van der Waals surface area contributed by atoms with Crippen molar-refractivity contribution in [3.63, 3.8) is 0 Å². The van der Waals surface area contributed by atoms with Gasteiger partial charge in [-0.05, 0) is 35.7 Å². The van der Waals surface area contributed by atoms with Crippen LogP contribution in [0, 0.1) is 6.92 Å². The van der Waals surface area contributed by atoms with Crippen LogP contribution in [0.2, 0.25) is 0 Å². The lowest BCUT2D eigenvalue weighted by Gasteiger charge is -2.08. The van der Waals surface area contributed by atoms with Crippen molar-refractivity contribution in [2.45, 2.75) is 19.1 Å². The van der Waals surface area contributed by atoms with Gasteiger partial charge in [-0.2, -0.15) is 0 Å². The predicted octanol–water partition coefficient (Wildman–Crippen LogP) is 3.05. The second-order valence-corrected chi connectivity index (χ2v) is 6.50. The van der Waals surface area contributed by atoms with Crippen LogP contribution in [0.4, 0.5) is 5.69 Å². The zero-order chi connectivity index (χ0) is 15.2. The van der Waals surface area contributed by atoms with E-state index in [9.17, 15) is 9.00 Å². The standard InChI is InChI=1S/C17H19NO2S/c1-13-6-3-4-8-15(13)11-17(19)18-16-9-5-7-14(10-16)12-21(2)20/h3-10H,11-12H2,1-2H3,(H,18,19)/t21-/m1/s1. The summed E-state index contributed by atoms with van der Waals surface area (Å²) in [5.41, 5.74) is 3.85. The van der Waals surface area contributed by atoms with E-state index in [2.05, 4.69) is 5.32 Å². The molecule has 3 nitrogen and oxygen atoms in total. The summed E-state index contributed by atoms with van der Waals surface area (Å²) in [5, 5.41) is 2.89. The maximum absolute atomic E-state index is 12.1. The molecular weight excluding hydrogens is 282 g/mol. The van der Waals surface area contributed by atoms with E-state index in [1.807, 2.05) is 55.5 Å². The molecule has 2 aromatic carbocycles. The lowest BCUT2D eigenvalue weighted by atomic mass is 10.1. The number of benzene rings is 2. The second-order valence-electron chi connectivity index (χ2n) is 5.07. The Morgan fingerprint density at radius 2 is 1.90 bits per heavy atom. The number of carbonyl (C=O) groups is 1. The van der Waals surface area contributed by atoms with Gasteiger partial charge < -0.3 is 5.32 Å². The molecular formula is C17H19NO2S. The molecule has 0 heterocycles. The first-order valence-corrected chi connectivity index (χ1v) is 8.50. The molecule has 110 valence electrons. The Bertz CT molecular complexity index is 667. The summed E-state index contributed by atoms with van der Waals surface area (Å²) < 4.78 is 11.2. The molecule has 1 atom stereocenters. The highest BCUT2D eigenvalue weighted by Gasteiger charge is 2.06. The minimum atomic E-state index is -0.885. The predicted molar refractivity (Wildman–Crippen MR) is 87.7 cm³/mol. The number of rotatable bonds is 5. The number of hydrogen-bond donors (Lipinski definition) is 1. The van der Waals surface area contributed by atoms with Crippen molar-refractivity contribution in [1.82, 2.24) is 0 Å². The topological polar surface area (TPSA) is 46.2 Å². The highest BCUT2D eigenvalue weighted by atomic mass is 32.2. The maximum atomic E-state index is 12.1. The van der Waals surface area contributed by atoms with Gasteiger partial charge in [-0.15, -0.1) is 0 Å². The van der Waals surface area contributed by atoms with Gasteiger partial charge in [-0.3, -0.25) is 9.00 Å². The van der Waals surface area contributed by atoms with Crippen LogP contribution in [-0.2, 0) is 27.8 Å². The molecule has 0 radical (unpaired) electrons. The van der Waals surface area contributed by atoms with Gasteiger partial charge in [0.1, 0.15) is 0 Å². The summed E-state index contributed by atoms with van der Waals surface area (Å²) in [6.45, 7) is 2.00. The third kappa shape index (κ3) is 4.83. The number of anilines is 1. The summed E-state index contributed by atoms with van der Waals surface area (Å²) in [7, 11) is -0.885. The zero-order valence-corrected chi connectivity index (χ0v) is 13.1. The van der Waals surface area contributed by atoms with Gasteiger partial charge in [0.05, 0.1) is 6.42 Å². The van der Waals surface area contributed by atoms with Crippen molar-refractivity contribution in [1.29, 1.82) is 0 Å². The Kier molecular flexibility index (Phi) is 5.28. The molecule has 21 heavy (non-hydrogen) atoms.